The standard InChI is InChI=1S/C18H33N5.2ClHO4.Fe/c1-15-17-7-3-8-18(22-17)16(2)21-11-6-14-23(12-4-9-19)13-5-10-20-15;2*2-1(3,4)5;/h3,7-8,15-16,20-21H,4-6,9-14,19H2,1-2H3;2*(H,2,3,4,5);/q;;;+6/p-2/t15-,16+;;;. The monoisotopic (exact) mass is 573 g/mol. The molecule has 2 heterocycles. The van der Waals surface area contributed by atoms with Crippen LogP contribution < -0.4 is 53.6 Å². The fourth-order valence-corrected chi connectivity index (χ4v) is 3.05. The molecule has 1 aromatic heterocycles. The van der Waals surface area contributed by atoms with Crippen molar-refractivity contribution in [3.8, 4) is 0 Å². The first-order chi connectivity index (χ1) is 15.2. The van der Waals surface area contributed by atoms with Gasteiger partial charge in [0.05, 0.1) is 11.4 Å². The number of nitrogens with one attached hydrogen (secondary N) is 2. The average molecular weight is 574 g/mol. The zero-order valence-corrected chi connectivity index (χ0v) is 21.7. The summed E-state index contributed by atoms with van der Waals surface area (Å²) in [6.07, 6.45) is 3.42. The summed E-state index contributed by atoms with van der Waals surface area (Å²) < 4.78 is 67.9. The summed E-state index contributed by atoms with van der Waals surface area (Å²) in [4.78, 5) is 7.38. The predicted molar refractivity (Wildman–Crippen MR) is 96.4 cm³/mol. The van der Waals surface area contributed by atoms with Crippen molar-refractivity contribution in [1.82, 2.24) is 20.5 Å². The normalized spacial score (nSPS) is 20.4. The zero-order chi connectivity index (χ0) is 25.5. The second kappa shape index (κ2) is 19.0. The summed E-state index contributed by atoms with van der Waals surface area (Å²) >= 11 is 0. The third-order valence-corrected chi connectivity index (χ3v) is 4.56. The Morgan fingerprint density at radius 2 is 1.26 bits per heavy atom. The van der Waals surface area contributed by atoms with E-state index < -0.39 is 20.5 Å². The van der Waals surface area contributed by atoms with Gasteiger partial charge in [0.25, 0.3) is 0 Å². The molecule has 0 aliphatic carbocycles. The molecule has 0 saturated heterocycles. The van der Waals surface area contributed by atoms with Gasteiger partial charge in [0.15, 0.2) is 0 Å². The van der Waals surface area contributed by atoms with Gasteiger partial charge in [-0.3, -0.25) is 4.98 Å². The summed E-state index contributed by atoms with van der Waals surface area (Å²) in [5, 5.41) is 7.20. The average Bonchev–Trinajstić information content (AvgIpc) is 2.68. The van der Waals surface area contributed by atoms with Gasteiger partial charge in [0, 0.05) is 12.1 Å². The number of nitrogens with zero attached hydrogens (tertiary/aromatic N) is 2. The molecule has 2 atom stereocenters. The van der Waals surface area contributed by atoms with E-state index in [2.05, 4.69) is 47.6 Å². The molecular weight excluding hydrogens is 541 g/mol. The van der Waals surface area contributed by atoms with Crippen LogP contribution in [0.3, 0.4) is 0 Å². The van der Waals surface area contributed by atoms with Crippen LogP contribution in [-0.4, -0.2) is 49.2 Å². The molecule has 2 rings (SSSR count). The van der Waals surface area contributed by atoms with Crippen LogP contribution in [0.1, 0.15) is 56.6 Å². The van der Waals surface area contributed by atoms with Crippen molar-refractivity contribution in [3.05, 3.63) is 29.6 Å². The van der Waals surface area contributed by atoms with Crippen LogP contribution in [0, 0.1) is 20.5 Å². The van der Waals surface area contributed by atoms with Gasteiger partial charge in [0.1, 0.15) is 0 Å². The molecular formula is C18H33Cl2FeN5O8+4. The Morgan fingerprint density at radius 3 is 1.62 bits per heavy atom. The summed E-state index contributed by atoms with van der Waals surface area (Å²) in [7, 11) is -9.89. The van der Waals surface area contributed by atoms with E-state index in [1.807, 2.05) is 0 Å². The third-order valence-electron chi connectivity index (χ3n) is 4.56. The van der Waals surface area contributed by atoms with E-state index in [0.717, 1.165) is 57.1 Å². The molecule has 34 heavy (non-hydrogen) atoms. The summed E-state index contributed by atoms with van der Waals surface area (Å²) in [6.45, 7) is 10.6. The number of hydrogen-bond donors (Lipinski definition) is 3. The topological polar surface area (TPSA) is 251 Å². The largest absolute Gasteiger partial charge is 6.00 e. The number of hydrogen-bond acceptors (Lipinski definition) is 13. The number of pyridine rings is 1. The molecule has 1 aliphatic rings. The Kier molecular flexibility index (Phi) is 20.0. The van der Waals surface area contributed by atoms with Crippen LogP contribution in [0.2, 0.25) is 0 Å². The number of halogens is 2. The molecule has 13 nitrogen and oxygen atoms in total. The molecule has 0 unspecified atom stereocenters. The first kappa shape index (κ1) is 35.9. The summed E-state index contributed by atoms with van der Waals surface area (Å²) in [6, 6.07) is 6.94. The minimum Gasteiger partial charge on any atom is -0.330 e. The van der Waals surface area contributed by atoms with Gasteiger partial charge in [-0.1, -0.05) is 6.07 Å². The van der Waals surface area contributed by atoms with Crippen molar-refractivity contribution in [2.24, 2.45) is 5.73 Å². The first-order valence-corrected chi connectivity index (χ1v) is 12.8. The van der Waals surface area contributed by atoms with E-state index in [0.29, 0.717) is 12.1 Å². The van der Waals surface area contributed by atoms with Crippen molar-refractivity contribution in [1.29, 1.82) is 0 Å². The van der Waals surface area contributed by atoms with Crippen LogP contribution in [0.15, 0.2) is 18.2 Å². The number of aromatic nitrogens is 1. The van der Waals surface area contributed by atoms with E-state index in [4.69, 9.17) is 48.0 Å². The minimum atomic E-state index is -4.94. The summed E-state index contributed by atoms with van der Waals surface area (Å²) in [5.74, 6) is 0. The first-order valence-electron chi connectivity index (χ1n) is 10.3. The maximum absolute atomic E-state index is 8.49. The van der Waals surface area contributed by atoms with Gasteiger partial charge in [-0.15, -0.1) is 20.5 Å². The fourth-order valence-electron chi connectivity index (χ4n) is 3.05. The Labute approximate surface area is 214 Å². The van der Waals surface area contributed by atoms with Crippen LogP contribution in [0.5, 0.6) is 0 Å². The van der Waals surface area contributed by atoms with Crippen LogP contribution in [-0.2, 0) is 17.1 Å². The molecule has 196 valence electrons. The van der Waals surface area contributed by atoms with Crippen molar-refractivity contribution >= 4 is 0 Å². The molecule has 2 bridgehead atoms. The number of nitrogens with two attached hydrogens (primary N) is 1. The van der Waals surface area contributed by atoms with Crippen molar-refractivity contribution < 1.29 is 74.8 Å². The number of rotatable bonds is 3. The Bertz CT molecular complexity index is 586. The maximum Gasteiger partial charge on any atom is 6.00 e. The molecule has 4 N–H and O–H groups in total. The van der Waals surface area contributed by atoms with Gasteiger partial charge in [0.2, 0.25) is 0 Å². The van der Waals surface area contributed by atoms with E-state index in [1.165, 1.54) is 12.8 Å². The fraction of sp³-hybridized carbons (Fsp3) is 0.722. The predicted octanol–water partition coefficient (Wildman–Crippen LogP) is -7.69. The van der Waals surface area contributed by atoms with Gasteiger partial charge in [-0.25, -0.2) is 37.3 Å². The van der Waals surface area contributed by atoms with Crippen LogP contribution >= 0.6 is 0 Å². The molecule has 1 aromatic rings. The Balaban J connectivity index is 0. The molecule has 0 fully saturated rings. The van der Waals surface area contributed by atoms with E-state index in [9.17, 15) is 0 Å². The Hall–Kier alpha value is -0.231. The van der Waals surface area contributed by atoms with Gasteiger partial charge < -0.3 is 21.3 Å². The SMILES string of the molecule is C[C@@H]1NCCCN(CCCN)CCCN[C@H](C)c2cccc1n2.[Fe+6].[O-][Cl+3]([O-])([O-])[O-].[O-][Cl+3]([O-])([O-])[O-]. The van der Waals surface area contributed by atoms with Gasteiger partial charge in [-0.2, -0.15) is 0 Å². The van der Waals surface area contributed by atoms with Crippen molar-refractivity contribution in [2.75, 3.05) is 39.3 Å². The number of fused-ring (bicyclic) bond motifs is 2. The molecule has 0 spiro atoms. The Morgan fingerprint density at radius 1 is 0.882 bits per heavy atom. The van der Waals surface area contributed by atoms with Crippen molar-refractivity contribution in [2.45, 2.75) is 45.2 Å². The van der Waals surface area contributed by atoms with Crippen molar-refractivity contribution in [3.63, 3.8) is 0 Å². The summed E-state index contributed by atoms with van der Waals surface area (Å²) in [5.41, 5.74) is 7.93. The molecule has 0 saturated carbocycles. The quantitative estimate of drug-likeness (QED) is 0.284. The van der Waals surface area contributed by atoms with Gasteiger partial charge >= 0.3 is 17.1 Å². The van der Waals surface area contributed by atoms with Crippen LogP contribution in [0.25, 0.3) is 0 Å². The second-order valence-corrected chi connectivity index (χ2v) is 8.80. The smallest absolute Gasteiger partial charge is 0.330 e. The molecule has 0 amide bonds. The zero-order valence-electron chi connectivity index (χ0n) is 19.1. The molecule has 16 heteroatoms. The molecule has 0 aromatic carbocycles. The second-order valence-electron chi connectivity index (χ2n) is 7.29. The van der Waals surface area contributed by atoms with E-state index in [1.54, 1.807) is 0 Å². The van der Waals surface area contributed by atoms with Gasteiger partial charge in [-0.05, 0) is 84.5 Å². The molecule has 0 radical (unpaired) electrons. The minimum absolute atomic E-state index is 0. The van der Waals surface area contributed by atoms with E-state index >= 15 is 0 Å². The molecule has 1 aliphatic heterocycles. The third kappa shape index (κ3) is 23.5. The maximum atomic E-state index is 8.49. The van der Waals surface area contributed by atoms with E-state index in [-0.39, 0.29) is 17.1 Å². The van der Waals surface area contributed by atoms with Crippen LogP contribution in [0.4, 0.5) is 0 Å².